The van der Waals surface area contributed by atoms with Crippen LogP contribution in [-0.2, 0) is 11.3 Å². The second kappa shape index (κ2) is 7.83. The van der Waals surface area contributed by atoms with Crippen molar-refractivity contribution in [3.8, 4) is 0 Å². The molecule has 134 valence electrons. The van der Waals surface area contributed by atoms with Gasteiger partial charge in [0.2, 0.25) is 5.91 Å². The van der Waals surface area contributed by atoms with E-state index in [1.165, 1.54) is 12.1 Å². The number of piperazine rings is 1. The van der Waals surface area contributed by atoms with Gasteiger partial charge in [0, 0.05) is 44.8 Å². The summed E-state index contributed by atoms with van der Waals surface area (Å²) in [5.41, 5.74) is 1.38. The van der Waals surface area contributed by atoms with Gasteiger partial charge in [0.1, 0.15) is 5.82 Å². The number of hydrogen-bond acceptors (Lipinski definition) is 3. The maximum atomic E-state index is 13.5. The zero-order valence-electron chi connectivity index (χ0n) is 13.5. The molecule has 1 aliphatic heterocycles. The summed E-state index contributed by atoms with van der Waals surface area (Å²) in [6, 6.07) is 4.32. The Morgan fingerprint density at radius 3 is 2.50 bits per heavy atom. The van der Waals surface area contributed by atoms with Crippen LogP contribution in [0.3, 0.4) is 0 Å². The van der Waals surface area contributed by atoms with Crippen LogP contribution in [0.1, 0.15) is 18.4 Å². The number of halogens is 4. The van der Waals surface area contributed by atoms with Crippen LogP contribution in [-0.4, -0.2) is 50.2 Å². The van der Waals surface area contributed by atoms with Crippen molar-refractivity contribution >= 4 is 11.6 Å². The lowest BCUT2D eigenvalue weighted by molar-refractivity contribution is -0.144. The molecule has 0 unspecified atom stereocenters. The zero-order valence-corrected chi connectivity index (χ0v) is 13.5. The first kappa shape index (κ1) is 18.5. The first-order valence-electron chi connectivity index (χ1n) is 7.80. The van der Waals surface area contributed by atoms with E-state index in [1.54, 1.807) is 6.07 Å². The molecule has 0 bridgehead atoms. The molecule has 4 nitrogen and oxygen atoms in total. The molecular weight excluding hydrogens is 326 g/mol. The predicted octanol–water partition coefficient (Wildman–Crippen LogP) is 2.54. The van der Waals surface area contributed by atoms with Crippen molar-refractivity contribution in [2.75, 3.05) is 38.1 Å². The maximum Gasteiger partial charge on any atom is 0.389 e. The van der Waals surface area contributed by atoms with Gasteiger partial charge in [0.05, 0.1) is 6.42 Å². The Hall–Kier alpha value is -1.83. The molecule has 2 rings (SSSR count). The third kappa shape index (κ3) is 5.67. The van der Waals surface area contributed by atoms with E-state index in [0.29, 0.717) is 5.56 Å². The first-order chi connectivity index (χ1) is 11.2. The molecule has 1 saturated heterocycles. The molecule has 0 aromatic heterocycles. The highest BCUT2D eigenvalue weighted by molar-refractivity contribution is 5.76. The number of amides is 1. The van der Waals surface area contributed by atoms with Gasteiger partial charge in [-0.2, -0.15) is 13.2 Å². The smallest absolute Gasteiger partial charge is 0.369 e. The van der Waals surface area contributed by atoms with Gasteiger partial charge in [-0.1, -0.05) is 0 Å². The van der Waals surface area contributed by atoms with Gasteiger partial charge < -0.3 is 15.1 Å². The zero-order chi connectivity index (χ0) is 17.7. The molecule has 0 saturated carbocycles. The Labute approximate surface area is 138 Å². The number of nitrogens with zero attached hydrogens (tertiary/aromatic N) is 2. The third-order valence-electron chi connectivity index (χ3n) is 4.00. The number of carbonyl (C=O) groups is 1. The van der Waals surface area contributed by atoms with Crippen molar-refractivity contribution in [3.05, 3.63) is 29.6 Å². The van der Waals surface area contributed by atoms with Crippen molar-refractivity contribution < 1.29 is 22.4 Å². The monoisotopic (exact) mass is 347 g/mol. The molecule has 1 heterocycles. The minimum absolute atomic E-state index is 0.0100. The highest BCUT2D eigenvalue weighted by Gasteiger charge is 2.28. The number of likely N-dealkylation sites (N-methyl/N-ethyl adjacent to an activating group) is 1. The van der Waals surface area contributed by atoms with Crippen LogP contribution in [0.25, 0.3) is 0 Å². The molecule has 8 heteroatoms. The lowest BCUT2D eigenvalue weighted by atomic mass is 10.1. The van der Waals surface area contributed by atoms with Crippen LogP contribution in [0.2, 0.25) is 0 Å². The normalized spacial score (nSPS) is 16.3. The van der Waals surface area contributed by atoms with Gasteiger partial charge in [-0.3, -0.25) is 4.79 Å². The van der Waals surface area contributed by atoms with Crippen molar-refractivity contribution in [2.24, 2.45) is 0 Å². The summed E-state index contributed by atoms with van der Waals surface area (Å²) in [5.74, 6) is -1.13. The van der Waals surface area contributed by atoms with E-state index in [2.05, 4.69) is 15.1 Å². The van der Waals surface area contributed by atoms with E-state index in [1.807, 2.05) is 7.05 Å². The van der Waals surface area contributed by atoms with Crippen LogP contribution in [0.5, 0.6) is 0 Å². The minimum Gasteiger partial charge on any atom is -0.369 e. The van der Waals surface area contributed by atoms with E-state index in [4.69, 9.17) is 0 Å². The second-order valence-corrected chi connectivity index (χ2v) is 5.96. The molecule has 0 aliphatic carbocycles. The first-order valence-corrected chi connectivity index (χ1v) is 7.80. The van der Waals surface area contributed by atoms with Gasteiger partial charge in [-0.15, -0.1) is 0 Å². The summed E-state index contributed by atoms with van der Waals surface area (Å²) >= 11 is 0. The molecular formula is C16H21F4N3O. The predicted molar refractivity (Wildman–Crippen MR) is 83.2 cm³/mol. The number of nitrogens with one attached hydrogen (secondary N) is 1. The maximum absolute atomic E-state index is 13.5. The van der Waals surface area contributed by atoms with Crippen LogP contribution in [0, 0.1) is 5.82 Å². The van der Waals surface area contributed by atoms with E-state index < -0.39 is 30.7 Å². The molecule has 24 heavy (non-hydrogen) atoms. The SMILES string of the molecule is CN1CCN(c2ccc(F)cc2CNC(=O)CCC(F)(F)F)CC1. The standard InChI is InChI=1S/C16H21F4N3O/c1-22-6-8-23(9-7-22)14-3-2-13(17)10-12(14)11-21-15(24)4-5-16(18,19)20/h2-3,10H,4-9,11H2,1H3,(H,21,24). The van der Waals surface area contributed by atoms with E-state index >= 15 is 0 Å². The van der Waals surface area contributed by atoms with Gasteiger partial charge >= 0.3 is 6.18 Å². The summed E-state index contributed by atoms with van der Waals surface area (Å²) < 4.78 is 49.9. The molecule has 0 spiro atoms. The van der Waals surface area contributed by atoms with E-state index in [9.17, 15) is 22.4 Å². The Kier molecular flexibility index (Phi) is 6.04. The van der Waals surface area contributed by atoms with Gasteiger partial charge in [0.25, 0.3) is 0 Å². The summed E-state index contributed by atoms with van der Waals surface area (Å²) in [5, 5.41) is 2.44. The fourth-order valence-electron chi connectivity index (χ4n) is 2.59. The van der Waals surface area contributed by atoms with Crippen molar-refractivity contribution in [3.63, 3.8) is 0 Å². The van der Waals surface area contributed by atoms with E-state index in [0.717, 1.165) is 31.9 Å². The summed E-state index contributed by atoms with van der Waals surface area (Å²) in [7, 11) is 2.02. The van der Waals surface area contributed by atoms with E-state index in [-0.39, 0.29) is 6.54 Å². The molecule has 1 N–H and O–H groups in total. The second-order valence-electron chi connectivity index (χ2n) is 5.96. The largest absolute Gasteiger partial charge is 0.389 e. The lowest BCUT2D eigenvalue weighted by Crippen LogP contribution is -2.45. The Bertz CT molecular complexity index is 569. The highest BCUT2D eigenvalue weighted by Crippen LogP contribution is 2.24. The average molecular weight is 347 g/mol. The quantitative estimate of drug-likeness (QED) is 0.832. The molecule has 1 fully saturated rings. The number of rotatable bonds is 5. The van der Waals surface area contributed by atoms with Crippen molar-refractivity contribution in [2.45, 2.75) is 25.6 Å². The van der Waals surface area contributed by atoms with Crippen molar-refractivity contribution in [1.29, 1.82) is 0 Å². The minimum atomic E-state index is -4.36. The third-order valence-corrected chi connectivity index (χ3v) is 4.00. The molecule has 0 radical (unpaired) electrons. The Morgan fingerprint density at radius 1 is 1.21 bits per heavy atom. The Balaban J connectivity index is 1.98. The topological polar surface area (TPSA) is 35.6 Å². The summed E-state index contributed by atoms with van der Waals surface area (Å²) in [6.45, 7) is 3.30. The number of hydrogen-bond donors (Lipinski definition) is 1. The molecule has 1 amide bonds. The van der Waals surface area contributed by atoms with Crippen LogP contribution >= 0.6 is 0 Å². The number of benzene rings is 1. The fraction of sp³-hybridized carbons (Fsp3) is 0.562. The van der Waals surface area contributed by atoms with Crippen LogP contribution in [0.4, 0.5) is 23.2 Å². The van der Waals surface area contributed by atoms with Gasteiger partial charge in [-0.25, -0.2) is 4.39 Å². The molecule has 0 atom stereocenters. The molecule has 1 aromatic carbocycles. The fourth-order valence-corrected chi connectivity index (χ4v) is 2.59. The lowest BCUT2D eigenvalue weighted by Gasteiger charge is -2.35. The van der Waals surface area contributed by atoms with Crippen LogP contribution in [0.15, 0.2) is 18.2 Å². The number of alkyl halides is 3. The van der Waals surface area contributed by atoms with Crippen molar-refractivity contribution in [1.82, 2.24) is 10.2 Å². The molecule has 1 aliphatic rings. The summed E-state index contributed by atoms with van der Waals surface area (Å²) in [4.78, 5) is 15.8. The highest BCUT2D eigenvalue weighted by atomic mass is 19.4. The number of carbonyl (C=O) groups excluding carboxylic acids is 1. The molecule has 1 aromatic rings. The van der Waals surface area contributed by atoms with Gasteiger partial charge in [0.15, 0.2) is 0 Å². The Morgan fingerprint density at radius 2 is 1.88 bits per heavy atom. The number of anilines is 1. The summed E-state index contributed by atoms with van der Waals surface area (Å²) in [6.07, 6.45) is -6.14. The average Bonchev–Trinajstić information content (AvgIpc) is 2.51. The van der Waals surface area contributed by atoms with Crippen LogP contribution < -0.4 is 10.2 Å². The van der Waals surface area contributed by atoms with Gasteiger partial charge in [-0.05, 0) is 30.8 Å².